The summed E-state index contributed by atoms with van der Waals surface area (Å²) in [6.45, 7) is 0.0801. The summed E-state index contributed by atoms with van der Waals surface area (Å²) >= 11 is 0. The van der Waals surface area contributed by atoms with E-state index in [1.54, 1.807) is 18.2 Å². The van der Waals surface area contributed by atoms with Gasteiger partial charge >= 0.3 is 0 Å². The summed E-state index contributed by atoms with van der Waals surface area (Å²) in [4.78, 5) is 12.1. The molecular formula is C20H15F2NO4S. The van der Waals surface area contributed by atoms with Crippen molar-refractivity contribution in [3.8, 4) is 5.75 Å². The Bertz CT molecular complexity index is 1100. The zero-order valence-corrected chi connectivity index (χ0v) is 15.2. The Labute approximate surface area is 160 Å². The average Bonchev–Trinajstić information content (AvgIpc) is 2.67. The molecule has 0 unspecified atom stereocenters. The van der Waals surface area contributed by atoms with E-state index in [2.05, 4.69) is 0 Å². The van der Waals surface area contributed by atoms with Crippen LogP contribution in [0.4, 0.5) is 8.78 Å². The van der Waals surface area contributed by atoms with E-state index < -0.39 is 21.7 Å². The molecule has 144 valence electrons. The maximum Gasteiger partial charge on any atom is 0.265 e. The van der Waals surface area contributed by atoms with Gasteiger partial charge in [-0.2, -0.15) is 0 Å². The number of amides is 1. The van der Waals surface area contributed by atoms with Crippen LogP contribution in [0.5, 0.6) is 5.75 Å². The standard InChI is InChI=1S/C20H15F2NO4S/c21-16-7-9-19(10-8-16)28(25,26)23-20(24)15-4-2-6-18(12-15)27-13-14-3-1-5-17(22)11-14/h1-12H,13H2,(H,23,24). The number of ether oxygens (including phenoxy) is 1. The van der Waals surface area contributed by atoms with Gasteiger partial charge < -0.3 is 4.74 Å². The highest BCUT2D eigenvalue weighted by Crippen LogP contribution is 2.17. The summed E-state index contributed by atoms with van der Waals surface area (Å²) in [6.07, 6.45) is 0. The maximum absolute atomic E-state index is 13.2. The third-order valence-electron chi connectivity index (χ3n) is 3.74. The highest BCUT2D eigenvalue weighted by Gasteiger charge is 2.19. The van der Waals surface area contributed by atoms with Crippen molar-refractivity contribution in [1.82, 2.24) is 4.72 Å². The minimum Gasteiger partial charge on any atom is -0.489 e. The molecule has 3 aromatic rings. The first kappa shape index (κ1) is 19.5. The van der Waals surface area contributed by atoms with Crippen molar-refractivity contribution >= 4 is 15.9 Å². The predicted octanol–water partition coefficient (Wildman–Crippen LogP) is 3.66. The summed E-state index contributed by atoms with van der Waals surface area (Å²) < 4.78 is 58.1. The zero-order chi connectivity index (χ0) is 20.1. The van der Waals surface area contributed by atoms with E-state index in [0.29, 0.717) is 11.3 Å². The van der Waals surface area contributed by atoms with Crippen LogP contribution < -0.4 is 9.46 Å². The molecule has 3 rings (SSSR count). The van der Waals surface area contributed by atoms with Gasteiger partial charge in [0, 0.05) is 5.56 Å². The maximum atomic E-state index is 13.2. The number of carbonyl (C=O) groups excluding carboxylic acids is 1. The molecule has 0 bridgehead atoms. The molecule has 1 N–H and O–H groups in total. The Morgan fingerprint density at radius 1 is 0.893 bits per heavy atom. The summed E-state index contributed by atoms with van der Waals surface area (Å²) in [5, 5.41) is 0. The Morgan fingerprint density at radius 2 is 1.61 bits per heavy atom. The predicted molar refractivity (Wildman–Crippen MR) is 98.2 cm³/mol. The first-order valence-corrected chi connectivity index (χ1v) is 9.62. The first-order valence-electron chi connectivity index (χ1n) is 8.13. The number of hydrogen-bond donors (Lipinski definition) is 1. The van der Waals surface area contributed by atoms with E-state index >= 15 is 0 Å². The molecule has 3 aromatic carbocycles. The fraction of sp³-hybridized carbons (Fsp3) is 0.0500. The van der Waals surface area contributed by atoms with Gasteiger partial charge in [0.1, 0.15) is 24.0 Å². The second kappa shape index (κ2) is 8.18. The lowest BCUT2D eigenvalue weighted by molar-refractivity contribution is 0.0981. The molecule has 0 fully saturated rings. The van der Waals surface area contributed by atoms with E-state index in [0.717, 1.165) is 24.3 Å². The third kappa shape index (κ3) is 4.92. The summed E-state index contributed by atoms with van der Waals surface area (Å²) in [5.41, 5.74) is 0.663. The molecule has 0 aromatic heterocycles. The molecule has 0 aliphatic rings. The lowest BCUT2D eigenvalue weighted by Crippen LogP contribution is -2.30. The molecule has 5 nitrogen and oxygen atoms in total. The molecule has 28 heavy (non-hydrogen) atoms. The van der Waals surface area contributed by atoms with Crippen LogP contribution in [-0.2, 0) is 16.6 Å². The number of sulfonamides is 1. The highest BCUT2D eigenvalue weighted by atomic mass is 32.2. The highest BCUT2D eigenvalue weighted by molar-refractivity contribution is 7.90. The van der Waals surface area contributed by atoms with Crippen molar-refractivity contribution in [3.05, 3.63) is 95.6 Å². The smallest absolute Gasteiger partial charge is 0.265 e. The van der Waals surface area contributed by atoms with Crippen LogP contribution in [0.1, 0.15) is 15.9 Å². The van der Waals surface area contributed by atoms with Crippen molar-refractivity contribution in [2.24, 2.45) is 0 Å². The van der Waals surface area contributed by atoms with Gasteiger partial charge in [0.25, 0.3) is 15.9 Å². The van der Waals surface area contributed by atoms with E-state index in [4.69, 9.17) is 4.74 Å². The number of nitrogens with one attached hydrogen (secondary N) is 1. The van der Waals surface area contributed by atoms with E-state index in [9.17, 15) is 22.0 Å². The second-order valence-electron chi connectivity index (χ2n) is 5.83. The molecular weight excluding hydrogens is 388 g/mol. The minimum absolute atomic E-state index is 0.0578. The molecule has 1 amide bonds. The molecule has 0 radical (unpaired) electrons. The van der Waals surface area contributed by atoms with Gasteiger partial charge in [0.15, 0.2) is 0 Å². The van der Waals surface area contributed by atoms with Gasteiger partial charge in [0.05, 0.1) is 4.90 Å². The molecule has 0 saturated carbocycles. The largest absolute Gasteiger partial charge is 0.489 e. The minimum atomic E-state index is -4.15. The zero-order valence-electron chi connectivity index (χ0n) is 14.4. The van der Waals surface area contributed by atoms with Crippen LogP contribution >= 0.6 is 0 Å². The molecule has 0 saturated heterocycles. The normalized spacial score (nSPS) is 11.1. The topological polar surface area (TPSA) is 72.5 Å². The lowest BCUT2D eigenvalue weighted by atomic mass is 10.2. The van der Waals surface area contributed by atoms with Crippen molar-refractivity contribution in [3.63, 3.8) is 0 Å². The van der Waals surface area contributed by atoms with Gasteiger partial charge in [-0.1, -0.05) is 18.2 Å². The second-order valence-corrected chi connectivity index (χ2v) is 7.52. The van der Waals surface area contributed by atoms with Crippen LogP contribution in [0.15, 0.2) is 77.7 Å². The van der Waals surface area contributed by atoms with Crippen LogP contribution in [-0.4, -0.2) is 14.3 Å². The number of carbonyl (C=O) groups is 1. The van der Waals surface area contributed by atoms with Crippen molar-refractivity contribution in [2.75, 3.05) is 0 Å². The molecule has 8 heteroatoms. The van der Waals surface area contributed by atoms with Crippen LogP contribution in [0, 0.1) is 11.6 Å². The fourth-order valence-electron chi connectivity index (χ4n) is 2.37. The van der Waals surface area contributed by atoms with Crippen LogP contribution in [0.3, 0.4) is 0 Å². The summed E-state index contributed by atoms with van der Waals surface area (Å²) in [6, 6.07) is 15.9. The number of hydrogen-bond acceptors (Lipinski definition) is 4. The Hall–Kier alpha value is -3.26. The van der Waals surface area contributed by atoms with Crippen molar-refractivity contribution in [2.45, 2.75) is 11.5 Å². The molecule has 0 atom stereocenters. The monoisotopic (exact) mass is 403 g/mol. The van der Waals surface area contributed by atoms with Crippen LogP contribution in [0.25, 0.3) is 0 Å². The van der Waals surface area contributed by atoms with Crippen molar-refractivity contribution < 1.29 is 26.7 Å². The quantitative estimate of drug-likeness (QED) is 0.682. The Kier molecular flexibility index (Phi) is 5.70. The lowest BCUT2D eigenvalue weighted by Gasteiger charge is -2.10. The van der Waals surface area contributed by atoms with Crippen LogP contribution in [0.2, 0.25) is 0 Å². The summed E-state index contributed by atoms with van der Waals surface area (Å²) in [7, 11) is -4.15. The van der Waals surface area contributed by atoms with Gasteiger partial charge in [-0.25, -0.2) is 21.9 Å². The number of halogens is 2. The SMILES string of the molecule is O=C(NS(=O)(=O)c1ccc(F)cc1)c1cccc(OCc2cccc(F)c2)c1. The first-order chi connectivity index (χ1) is 13.3. The van der Waals surface area contributed by atoms with Gasteiger partial charge in [0.2, 0.25) is 0 Å². The van der Waals surface area contributed by atoms with Gasteiger partial charge in [-0.15, -0.1) is 0 Å². The molecule has 0 aliphatic heterocycles. The number of benzene rings is 3. The molecule has 0 spiro atoms. The number of rotatable bonds is 6. The van der Waals surface area contributed by atoms with Crippen molar-refractivity contribution in [1.29, 1.82) is 0 Å². The fourth-order valence-corrected chi connectivity index (χ4v) is 3.35. The Balaban J connectivity index is 1.70. The Morgan fingerprint density at radius 3 is 2.32 bits per heavy atom. The molecule has 0 heterocycles. The van der Waals surface area contributed by atoms with Gasteiger partial charge in [-0.05, 0) is 60.2 Å². The molecule has 0 aliphatic carbocycles. The van der Waals surface area contributed by atoms with E-state index in [1.165, 1.54) is 30.3 Å². The van der Waals surface area contributed by atoms with Gasteiger partial charge in [-0.3, -0.25) is 4.79 Å². The average molecular weight is 403 g/mol. The van der Waals surface area contributed by atoms with E-state index in [-0.39, 0.29) is 22.9 Å². The third-order valence-corrected chi connectivity index (χ3v) is 5.09. The van der Waals surface area contributed by atoms with E-state index in [1.807, 2.05) is 4.72 Å². The summed E-state index contributed by atoms with van der Waals surface area (Å²) in [5.74, 6) is -1.52.